The standard InChI is InChI=1S/C13H14N4O/c14-8-6-12(11-4-2-1-3-5-11)15-9-7-13-16-10-18-17-13/h1-5,10,12,15H,6-7,9H2. The number of hydrogen-bond donors (Lipinski definition) is 1. The molecule has 0 amide bonds. The average Bonchev–Trinajstić information content (AvgIpc) is 2.92. The Kier molecular flexibility index (Phi) is 4.45. The van der Waals surface area contributed by atoms with E-state index >= 15 is 0 Å². The highest BCUT2D eigenvalue weighted by Gasteiger charge is 2.10. The molecule has 2 rings (SSSR count). The Morgan fingerprint density at radius 2 is 2.17 bits per heavy atom. The van der Waals surface area contributed by atoms with Gasteiger partial charge in [0, 0.05) is 19.0 Å². The Hall–Kier alpha value is -2.19. The molecule has 0 saturated carbocycles. The molecule has 0 radical (unpaired) electrons. The van der Waals surface area contributed by atoms with Gasteiger partial charge in [-0.25, -0.2) is 0 Å². The summed E-state index contributed by atoms with van der Waals surface area (Å²) in [5.74, 6) is 0.672. The summed E-state index contributed by atoms with van der Waals surface area (Å²) in [5, 5.41) is 15.9. The van der Waals surface area contributed by atoms with Crippen LogP contribution in [-0.2, 0) is 6.42 Å². The van der Waals surface area contributed by atoms with Crippen LogP contribution in [0.15, 0.2) is 41.2 Å². The van der Waals surface area contributed by atoms with E-state index < -0.39 is 0 Å². The first-order valence-electron chi connectivity index (χ1n) is 5.80. The number of hydrogen-bond acceptors (Lipinski definition) is 5. The molecule has 18 heavy (non-hydrogen) atoms. The number of nitriles is 1. The molecule has 0 saturated heterocycles. The van der Waals surface area contributed by atoms with Crippen molar-refractivity contribution in [1.82, 2.24) is 15.5 Å². The molecule has 1 aromatic carbocycles. The first kappa shape index (κ1) is 12.3. The minimum absolute atomic E-state index is 0.0445. The van der Waals surface area contributed by atoms with Crippen molar-refractivity contribution in [1.29, 1.82) is 5.26 Å². The number of benzene rings is 1. The fraction of sp³-hybridized carbons (Fsp3) is 0.308. The molecule has 0 aliphatic rings. The van der Waals surface area contributed by atoms with Crippen molar-refractivity contribution in [2.45, 2.75) is 18.9 Å². The van der Waals surface area contributed by atoms with Crippen LogP contribution in [0.4, 0.5) is 0 Å². The lowest BCUT2D eigenvalue weighted by atomic mass is 10.0. The molecule has 1 aromatic heterocycles. The number of nitrogens with one attached hydrogen (secondary N) is 1. The third-order valence-corrected chi connectivity index (χ3v) is 2.64. The molecule has 5 heteroatoms. The Labute approximate surface area is 105 Å². The van der Waals surface area contributed by atoms with Crippen molar-refractivity contribution in [3.05, 3.63) is 48.1 Å². The van der Waals surface area contributed by atoms with Gasteiger partial charge in [0.2, 0.25) is 6.39 Å². The van der Waals surface area contributed by atoms with E-state index in [1.54, 1.807) is 0 Å². The highest BCUT2D eigenvalue weighted by molar-refractivity contribution is 5.19. The quantitative estimate of drug-likeness (QED) is 0.836. The van der Waals surface area contributed by atoms with Gasteiger partial charge in [-0.15, -0.1) is 0 Å². The summed E-state index contributed by atoms with van der Waals surface area (Å²) in [6, 6.07) is 12.2. The van der Waals surface area contributed by atoms with Crippen molar-refractivity contribution >= 4 is 0 Å². The summed E-state index contributed by atoms with van der Waals surface area (Å²) in [6.45, 7) is 0.709. The zero-order chi connectivity index (χ0) is 12.6. The predicted molar refractivity (Wildman–Crippen MR) is 65.4 cm³/mol. The van der Waals surface area contributed by atoms with Crippen LogP contribution in [-0.4, -0.2) is 16.7 Å². The van der Waals surface area contributed by atoms with Gasteiger partial charge < -0.3 is 9.84 Å². The van der Waals surface area contributed by atoms with Gasteiger partial charge >= 0.3 is 0 Å². The van der Waals surface area contributed by atoms with Crippen LogP contribution >= 0.6 is 0 Å². The number of nitrogens with zero attached hydrogens (tertiary/aromatic N) is 3. The molecular weight excluding hydrogens is 228 g/mol. The van der Waals surface area contributed by atoms with E-state index in [-0.39, 0.29) is 6.04 Å². The Morgan fingerprint density at radius 3 is 2.83 bits per heavy atom. The van der Waals surface area contributed by atoms with Gasteiger partial charge in [-0.05, 0) is 5.56 Å². The van der Waals surface area contributed by atoms with E-state index in [1.807, 2.05) is 30.3 Å². The Balaban J connectivity index is 1.89. The van der Waals surface area contributed by atoms with Crippen LogP contribution in [0, 0.1) is 11.3 Å². The largest absolute Gasteiger partial charge is 0.343 e. The minimum atomic E-state index is 0.0445. The summed E-state index contributed by atoms with van der Waals surface area (Å²) in [7, 11) is 0. The zero-order valence-corrected chi connectivity index (χ0v) is 9.91. The zero-order valence-electron chi connectivity index (χ0n) is 9.91. The van der Waals surface area contributed by atoms with Crippen LogP contribution in [0.3, 0.4) is 0 Å². The molecule has 0 bridgehead atoms. The minimum Gasteiger partial charge on any atom is -0.343 e. The summed E-state index contributed by atoms with van der Waals surface area (Å²) >= 11 is 0. The molecule has 5 nitrogen and oxygen atoms in total. The number of aromatic nitrogens is 2. The topological polar surface area (TPSA) is 74.7 Å². The van der Waals surface area contributed by atoms with E-state index in [1.165, 1.54) is 6.39 Å². The summed E-state index contributed by atoms with van der Waals surface area (Å²) < 4.78 is 4.66. The third-order valence-electron chi connectivity index (χ3n) is 2.64. The number of rotatable bonds is 6. The van der Waals surface area contributed by atoms with E-state index in [0.717, 1.165) is 5.56 Å². The second-order valence-electron chi connectivity index (χ2n) is 3.88. The van der Waals surface area contributed by atoms with Crippen molar-refractivity contribution in [3.8, 4) is 6.07 Å². The lowest BCUT2D eigenvalue weighted by Gasteiger charge is -2.15. The average molecular weight is 242 g/mol. The van der Waals surface area contributed by atoms with Gasteiger partial charge in [-0.3, -0.25) is 0 Å². The molecule has 0 aliphatic carbocycles. The fourth-order valence-electron chi connectivity index (χ4n) is 1.75. The van der Waals surface area contributed by atoms with Crippen LogP contribution in [0.2, 0.25) is 0 Å². The van der Waals surface area contributed by atoms with Gasteiger partial charge in [0.05, 0.1) is 12.5 Å². The van der Waals surface area contributed by atoms with Crippen LogP contribution in [0.25, 0.3) is 0 Å². The first-order valence-corrected chi connectivity index (χ1v) is 5.80. The molecule has 1 atom stereocenters. The molecule has 1 N–H and O–H groups in total. The normalized spacial score (nSPS) is 11.9. The second-order valence-corrected chi connectivity index (χ2v) is 3.88. The molecule has 92 valence electrons. The van der Waals surface area contributed by atoms with E-state index in [0.29, 0.717) is 25.2 Å². The van der Waals surface area contributed by atoms with Gasteiger partial charge in [0.1, 0.15) is 0 Å². The Morgan fingerprint density at radius 1 is 1.33 bits per heavy atom. The van der Waals surface area contributed by atoms with Crippen LogP contribution in [0.1, 0.15) is 23.9 Å². The Bertz CT molecular complexity index is 489. The highest BCUT2D eigenvalue weighted by Crippen LogP contribution is 2.15. The molecule has 1 heterocycles. The highest BCUT2D eigenvalue weighted by atomic mass is 16.5. The summed E-state index contributed by atoms with van der Waals surface area (Å²) in [6.07, 6.45) is 2.45. The van der Waals surface area contributed by atoms with Crippen LogP contribution in [0.5, 0.6) is 0 Å². The van der Waals surface area contributed by atoms with Gasteiger partial charge in [0.15, 0.2) is 5.82 Å². The molecule has 0 fully saturated rings. The second kappa shape index (κ2) is 6.52. The smallest absolute Gasteiger partial charge is 0.213 e. The molecule has 0 aliphatic heterocycles. The van der Waals surface area contributed by atoms with E-state index in [2.05, 4.69) is 26.0 Å². The van der Waals surface area contributed by atoms with Crippen molar-refractivity contribution in [3.63, 3.8) is 0 Å². The maximum atomic E-state index is 8.85. The van der Waals surface area contributed by atoms with Crippen LogP contribution < -0.4 is 5.32 Å². The van der Waals surface area contributed by atoms with E-state index in [9.17, 15) is 0 Å². The maximum Gasteiger partial charge on any atom is 0.213 e. The van der Waals surface area contributed by atoms with Gasteiger partial charge in [0.25, 0.3) is 0 Å². The SMILES string of the molecule is N#CCC(NCCc1ncon1)c1ccccc1. The molecule has 1 unspecified atom stereocenters. The lowest BCUT2D eigenvalue weighted by Crippen LogP contribution is -2.23. The molecule has 0 spiro atoms. The maximum absolute atomic E-state index is 8.85. The van der Waals surface area contributed by atoms with Gasteiger partial charge in [-0.2, -0.15) is 10.2 Å². The first-order chi connectivity index (χ1) is 8.90. The van der Waals surface area contributed by atoms with Crippen molar-refractivity contribution in [2.24, 2.45) is 0 Å². The fourth-order valence-corrected chi connectivity index (χ4v) is 1.75. The van der Waals surface area contributed by atoms with E-state index in [4.69, 9.17) is 5.26 Å². The predicted octanol–water partition coefficient (Wildman–Crippen LogP) is 1.86. The van der Waals surface area contributed by atoms with Crippen molar-refractivity contribution in [2.75, 3.05) is 6.54 Å². The molecule has 2 aromatic rings. The summed E-state index contributed by atoms with van der Waals surface area (Å²) in [4.78, 5) is 3.95. The summed E-state index contributed by atoms with van der Waals surface area (Å²) in [5.41, 5.74) is 1.12. The van der Waals surface area contributed by atoms with Crippen molar-refractivity contribution < 1.29 is 4.52 Å². The monoisotopic (exact) mass is 242 g/mol. The third kappa shape index (κ3) is 3.40. The molecular formula is C13H14N4O. The lowest BCUT2D eigenvalue weighted by molar-refractivity contribution is 0.408. The van der Waals surface area contributed by atoms with Gasteiger partial charge in [-0.1, -0.05) is 35.5 Å².